The van der Waals surface area contributed by atoms with E-state index < -0.39 is 0 Å². The van der Waals surface area contributed by atoms with Crippen molar-refractivity contribution in [3.8, 4) is 11.1 Å². The molecule has 1 fully saturated rings. The van der Waals surface area contributed by atoms with Gasteiger partial charge in [-0.05, 0) is 17.0 Å². The Kier molecular flexibility index (Phi) is 7.05. The summed E-state index contributed by atoms with van der Waals surface area (Å²) in [4.78, 5) is 15.6. The molecule has 2 heterocycles. The third-order valence-electron chi connectivity index (χ3n) is 3.88. The number of hydrogen-bond acceptors (Lipinski definition) is 4. The Labute approximate surface area is 147 Å². The molecule has 1 aromatic carbocycles. The first kappa shape index (κ1) is 17.9. The van der Waals surface area contributed by atoms with Crippen LogP contribution in [0.5, 0.6) is 0 Å². The van der Waals surface area contributed by atoms with Gasteiger partial charge in [0.2, 0.25) is 0 Å². The average Bonchev–Trinajstić information content (AvgIpc) is 3.06. The normalized spacial score (nSPS) is 15.0. The zero-order valence-corrected chi connectivity index (χ0v) is 14.6. The number of hydrogen-bond donors (Lipinski definition) is 2. The topological polar surface area (TPSA) is 44.4 Å². The average molecular weight is 352 g/mol. The van der Waals surface area contributed by atoms with E-state index in [1.54, 1.807) is 0 Å². The van der Waals surface area contributed by atoms with Crippen molar-refractivity contribution in [2.75, 3.05) is 39.3 Å². The van der Waals surface area contributed by atoms with Crippen LogP contribution >= 0.6 is 23.7 Å². The second-order valence-corrected chi connectivity index (χ2v) is 6.29. The van der Waals surface area contributed by atoms with Gasteiger partial charge in [0.1, 0.15) is 0 Å². The van der Waals surface area contributed by atoms with Gasteiger partial charge in [0.05, 0.1) is 4.88 Å². The number of benzene rings is 1. The van der Waals surface area contributed by atoms with Crippen molar-refractivity contribution < 1.29 is 4.79 Å². The Morgan fingerprint density at radius 3 is 2.65 bits per heavy atom. The predicted octanol–water partition coefficient (Wildman–Crippen LogP) is 2.47. The number of halogens is 1. The van der Waals surface area contributed by atoms with E-state index in [0.29, 0.717) is 6.54 Å². The van der Waals surface area contributed by atoms with Crippen LogP contribution in [0.1, 0.15) is 9.67 Å². The summed E-state index contributed by atoms with van der Waals surface area (Å²) in [5.41, 5.74) is 2.11. The van der Waals surface area contributed by atoms with E-state index in [1.165, 1.54) is 11.3 Å². The first-order valence-electron chi connectivity index (χ1n) is 7.69. The van der Waals surface area contributed by atoms with Gasteiger partial charge in [0.15, 0.2) is 0 Å². The van der Waals surface area contributed by atoms with Crippen molar-refractivity contribution in [1.82, 2.24) is 15.5 Å². The molecule has 1 aliphatic rings. The van der Waals surface area contributed by atoms with E-state index >= 15 is 0 Å². The molecule has 1 amide bonds. The van der Waals surface area contributed by atoms with Crippen molar-refractivity contribution in [3.05, 3.63) is 46.7 Å². The first-order chi connectivity index (χ1) is 10.8. The van der Waals surface area contributed by atoms with Crippen molar-refractivity contribution >= 4 is 29.7 Å². The zero-order valence-electron chi connectivity index (χ0n) is 13.0. The molecule has 2 N–H and O–H groups in total. The minimum Gasteiger partial charge on any atom is -0.350 e. The highest BCUT2D eigenvalue weighted by molar-refractivity contribution is 7.12. The Morgan fingerprint density at radius 2 is 1.91 bits per heavy atom. The SMILES string of the molecule is Cl.O=C(NCCN1CCNCC1)c1sccc1-c1ccccc1. The summed E-state index contributed by atoms with van der Waals surface area (Å²) in [6.07, 6.45) is 0. The number of nitrogens with zero attached hydrogens (tertiary/aromatic N) is 1. The van der Waals surface area contributed by atoms with E-state index in [9.17, 15) is 4.79 Å². The Morgan fingerprint density at radius 1 is 1.17 bits per heavy atom. The number of nitrogens with one attached hydrogen (secondary N) is 2. The van der Waals surface area contributed by atoms with Gasteiger partial charge < -0.3 is 10.6 Å². The minimum atomic E-state index is 0. The van der Waals surface area contributed by atoms with E-state index in [4.69, 9.17) is 0 Å². The molecule has 2 aromatic rings. The maximum absolute atomic E-state index is 12.4. The molecule has 1 saturated heterocycles. The summed E-state index contributed by atoms with van der Waals surface area (Å²) < 4.78 is 0. The molecule has 0 bridgehead atoms. The lowest BCUT2D eigenvalue weighted by atomic mass is 10.1. The summed E-state index contributed by atoms with van der Waals surface area (Å²) in [5.74, 6) is 0.0315. The van der Waals surface area contributed by atoms with Crippen LogP contribution in [0.3, 0.4) is 0 Å². The molecule has 0 saturated carbocycles. The molecule has 0 radical (unpaired) electrons. The second kappa shape index (κ2) is 9.03. The lowest BCUT2D eigenvalue weighted by Crippen LogP contribution is -2.46. The largest absolute Gasteiger partial charge is 0.350 e. The number of thiophene rings is 1. The fourth-order valence-electron chi connectivity index (χ4n) is 2.67. The Bertz CT molecular complexity index is 611. The van der Waals surface area contributed by atoms with Crippen LogP contribution < -0.4 is 10.6 Å². The van der Waals surface area contributed by atoms with Gasteiger partial charge in [-0.3, -0.25) is 9.69 Å². The standard InChI is InChI=1S/C17H21N3OS.ClH/c21-17(19-9-12-20-10-7-18-8-11-20)16-15(6-13-22-16)14-4-2-1-3-5-14;/h1-6,13,18H,7-12H2,(H,19,21);1H. The molecular formula is C17H22ClN3OS. The maximum Gasteiger partial charge on any atom is 0.262 e. The maximum atomic E-state index is 12.4. The molecule has 1 aromatic heterocycles. The quantitative estimate of drug-likeness (QED) is 0.869. The molecule has 0 aliphatic carbocycles. The van der Waals surface area contributed by atoms with Gasteiger partial charge in [-0.15, -0.1) is 23.7 Å². The molecule has 3 rings (SSSR count). The smallest absolute Gasteiger partial charge is 0.262 e. The summed E-state index contributed by atoms with van der Waals surface area (Å²) in [5, 5.41) is 8.37. The van der Waals surface area contributed by atoms with Crippen LogP contribution in [0.15, 0.2) is 41.8 Å². The molecule has 4 nitrogen and oxygen atoms in total. The fourth-order valence-corrected chi connectivity index (χ4v) is 3.50. The lowest BCUT2D eigenvalue weighted by molar-refractivity contribution is 0.0952. The summed E-state index contributed by atoms with van der Waals surface area (Å²) in [7, 11) is 0. The van der Waals surface area contributed by atoms with Crippen LogP contribution in [0.4, 0.5) is 0 Å². The number of amides is 1. The number of piperazine rings is 1. The molecule has 124 valence electrons. The van der Waals surface area contributed by atoms with Crippen molar-refractivity contribution in [3.63, 3.8) is 0 Å². The Hall–Kier alpha value is -1.40. The highest BCUT2D eigenvalue weighted by Crippen LogP contribution is 2.27. The van der Waals surface area contributed by atoms with E-state index in [-0.39, 0.29) is 18.3 Å². The Balaban J connectivity index is 0.00000192. The number of rotatable bonds is 5. The molecule has 0 atom stereocenters. The molecule has 1 aliphatic heterocycles. The summed E-state index contributed by atoms with van der Waals surface area (Å²) in [6.45, 7) is 5.81. The highest BCUT2D eigenvalue weighted by atomic mass is 35.5. The zero-order chi connectivity index (χ0) is 15.2. The van der Waals surface area contributed by atoms with Gasteiger partial charge in [0.25, 0.3) is 5.91 Å². The first-order valence-corrected chi connectivity index (χ1v) is 8.57. The van der Waals surface area contributed by atoms with Gasteiger partial charge in [-0.25, -0.2) is 0 Å². The number of carbonyl (C=O) groups excluding carboxylic acids is 1. The van der Waals surface area contributed by atoms with Crippen molar-refractivity contribution in [1.29, 1.82) is 0 Å². The number of carbonyl (C=O) groups is 1. The molecular weight excluding hydrogens is 330 g/mol. The van der Waals surface area contributed by atoms with E-state index in [1.807, 2.05) is 41.8 Å². The van der Waals surface area contributed by atoms with Crippen molar-refractivity contribution in [2.45, 2.75) is 0 Å². The molecule has 23 heavy (non-hydrogen) atoms. The van der Waals surface area contributed by atoms with E-state index in [0.717, 1.165) is 48.7 Å². The lowest BCUT2D eigenvalue weighted by Gasteiger charge is -2.27. The van der Waals surface area contributed by atoms with Gasteiger partial charge in [-0.2, -0.15) is 0 Å². The molecule has 0 spiro atoms. The second-order valence-electron chi connectivity index (χ2n) is 5.38. The highest BCUT2D eigenvalue weighted by Gasteiger charge is 2.15. The third-order valence-corrected chi connectivity index (χ3v) is 4.79. The monoisotopic (exact) mass is 351 g/mol. The molecule has 0 unspecified atom stereocenters. The van der Waals surface area contributed by atoms with Gasteiger partial charge >= 0.3 is 0 Å². The minimum absolute atomic E-state index is 0. The van der Waals surface area contributed by atoms with Gasteiger partial charge in [0, 0.05) is 44.8 Å². The summed E-state index contributed by atoms with van der Waals surface area (Å²) >= 11 is 1.50. The van der Waals surface area contributed by atoms with Crippen molar-refractivity contribution in [2.24, 2.45) is 0 Å². The van der Waals surface area contributed by atoms with Crippen LogP contribution in [-0.4, -0.2) is 50.1 Å². The van der Waals surface area contributed by atoms with E-state index in [2.05, 4.69) is 15.5 Å². The van der Waals surface area contributed by atoms with Crippen LogP contribution in [0.25, 0.3) is 11.1 Å². The predicted molar refractivity (Wildman–Crippen MR) is 98.6 cm³/mol. The van der Waals surface area contributed by atoms with Crippen LogP contribution in [-0.2, 0) is 0 Å². The van der Waals surface area contributed by atoms with Gasteiger partial charge in [-0.1, -0.05) is 30.3 Å². The molecule has 6 heteroatoms. The fraction of sp³-hybridized carbons (Fsp3) is 0.353. The van der Waals surface area contributed by atoms with Crippen LogP contribution in [0.2, 0.25) is 0 Å². The third kappa shape index (κ3) is 4.78. The summed E-state index contributed by atoms with van der Waals surface area (Å²) in [6, 6.07) is 12.1. The van der Waals surface area contributed by atoms with Crippen LogP contribution in [0, 0.1) is 0 Å².